The van der Waals surface area contributed by atoms with E-state index in [4.69, 9.17) is 4.74 Å². The van der Waals surface area contributed by atoms with Crippen LogP contribution in [0.1, 0.15) is 24.5 Å². The fraction of sp³-hybridized carbons (Fsp3) is 0.300. The Bertz CT molecular complexity index is 815. The van der Waals surface area contributed by atoms with Crippen molar-refractivity contribution in [2.45, 2.75) is 20.0 Å². The van der Waals surface area contributed by atoms with Crippen LogP contribution in [0.2, 0.25) is 0 Å². The van der Waals surface area contributed by atoms with E-state index in [1.165, 1.54) is 11.6 Å². The number of hydrogen-bond donors (Lipinski definition) is 1. The summed E-state index contributed by atoms with van der Waals surface area (Å²) in [6.07, 6.45) is 2.91. The lowest BCUT2D eigenvalue weighted by Crippen LogP contribution is -2.29. The number of nitrogens with zero attached hydrogens (tertiary/aromatic N) is 2. The van der Waals surface area contributed by atoms with Crippen molar-refractivity contribution in [3.8, 4) is 5.75 Å². The highest BCUT2D eigenvalue weighted by Gasteiger charge is 2.22. The molecule has 0 saturated heterocycles. The van der Waals surface area contributed by atoms with Crippen LogP contribution in [-0.4, -0.2) is 29.7 Å². The summed E-state index contributed by atoms with van der Waals surface area (Å²) in [5, 5.41) is 20.7. The molecule has 26 heavy (non-hydrogen) atoms. The minimum absolute atomic E-state index is 0.0696. The maximum atomic E-state index is 11.3. The molecular weight excluding hydrogens is 332 g/mol. The third-order valence-corrected chi connectivity index (χ3v) is 4.51. The van der Waals surface area contributed by atoms with Crippen LogP contribution in [0.25, 0.3) is 5.57 Å². The average molecular weight is 354 g/mol. The summed E-state index contributed by atoms with van der Waals surface area (Å²) in [6.45, 7) is 3.75. The molecule has 1 N–H and O–H groups in total. The van der Waals surface area contributed by atoms with Crippen molar-refractivity contribution in [3.63, 3.8) is 0 Å². The summed E-state index contributed by atoms with van der Waals surface area (Å²) in [6, 6.07) is 12.8. The molecule has 2 aromatic carbocycles. The van der Waals surface area contributed by atoms with Gasteiger partial charge in [-0.05, 0) is 54.3 Å². The van der Waals surface area contributed by atoms with Crippen LogP contribution >= 0.6 is 0 Å². The van der Waals surface area contributed by atoms with Crippen molar-refractivity contribution in [2.24, 2.45) is 0 Å². The molecule has 6 heteroatoms. The number of aliphatic hydroxyl groups excluding tert-OH is 1. The number of ether oxygens (including phenoxy) is 1. The van der Waals surface area contributed by atoms with E-state index >= 15 is 0 Å². The first-order chi connectivity index (χ1) is 12.6. The molecule has 6 nitrogen and oxygen atoms in total. The Kier molecular flexibility index (Phi) is 5.53. The molecule has 1 heterocycles. The van der Waals surface area contributed by atoms with Crippen molar-refractivity contribution < 1.29 is 14.8 Å². The van der Waals surface area contributed by atoms with Crippen LogP contribution in [0.3, 0.4) is 0 Å². The quantitative estimate of drug-likeness (QED) is 0.631. The number of rotatable bonds is 6. The summed E-state index contributed by atoms with van der Waals surface area (Å²) in [5.41, 5.74) is 3.67. The molecule has 3 rings (SSSR count). The maximum Gasteiger partial charge on any atom is 0.292 e. The highest BCUT2D eigenvalue weighted by atomic mass is 16.6. The normalized spacial score (nSPS) is 14.1. The molecule has 0 spiro atoms. The number of benzene rings is 2. The van der Waals surface area contributed by atoms with E-state index in [1.807, 2.05) is 36.1 Å². The fourth-order valence-corrected chi connectivity index (χ4v) is 3.16. The molecule has 0 aliphatic carbocycles. The first kappa shape index (κ1) is 17.9. The SMILES string of the molecule is CCOc1ccc(C2=CCN(c3cc(CO)ccc3[N+](=O)[O-])CC2)cc1. The van der Waals surface area contributed by atoms with Crippen molar-refractivity contribution >= 4 is 16.9 Å². The molecule has 2 aromatic rings. The second-order valence-corrected chi connectivity index (χ2v) is 6.12. The van der Waals surface area contributed by atoms with E-state index in [0.717, 1.165) is 17.7 Å². The van der Waals surface area contributed by atoms with Crippen molar-refractivity contribution in [1.29, 1.82) is 0 Å². The van der Waals surface area contributed by atoms with Crippen molar-refractivity contribution in [2.75, 3.05) is 24.6 Å². The Hall–Kier alpha value is -2.86. The van der Waals surface area contributed by atoms with Gasteiger partial charge in [0.15, 0.2) is 0 Å². The lowest BCUT2D eigenvalue weighted by atomic mass is 9.98. The first-order valence-electron chi connectivity index (χ1n) is 8.67. The Labute approximate surface area is 152 Å². The molecular formula is C20H22N2O4. The standard InChI is InChI=1S/C20H22N2O4/c1-2-26-18-6-4-16(5-7-18)17-9-11-21(12-10-17)20-13-15(14-23)3-8-19(20)22(24)25/h3-9,13,23H,2,10-12,14H2,1H3. The van der Waals surface area contributed by atoms with E-state index in [1.54, 1.807) is 12.1 Å². The van der Waals surface area contributed by atoms with Gasteiger partial charge in [0.1, 0.15) is 11.4 Å². The molecule has 0 atom stereocenters. The molecule has 1 aliphatic heterocycles. The predicted molar refractivity (Wildman–Crippen MR) is 101 cm³/mol. The van der Waals surface area contributed by atoms with Gasteiger partial charge in [0, 0.05) is 19.2 Å². The van der Waals surface area contributed by atoms with Crippen LogP contribution in [0.15, 0.2) is 48.5 Å². The smallest absolute Gasteiger partial charge is 0.292 e. The maximum absolute atomic E-state index is 11.3. The molecule has 0 fully saturated rings. The van der Waals surface area contributed by atoms with Gasteiger partial charge in [-0.25, -0.2) is 0 Å². The second-order valence-electron chi connectivity index (χ2n) is 6.12. The number of anilines is 1. The molecule has 136 valence electrons. The third kappa shape index (κ3) is 3.86. The van der Waals surface area contributed by atoms with Gasteiger partial charge in [0.25, 0.3) is 5.69 Å². The van der Waals surface area contributed by atoms with Gasteiger partial charge in [0.2, 0.25) is 0 Å². The third-order valence-electron chi connectivity index (χ3n) is 4.51. The number of hydrogen-bond acceptors (Lipinski definition) is 5. The van der Waals surface area contributed by atoms with Gasteiger partial charge >= 0.3 is 0 Å². The molecule has 0 bridgehead atoms. The van der Waals surface area contributed by atoms with E-state index < -0.39 is 0 Å². The van der Waals surface area contributed by atoms with Gasteiger partial charge in [-0.3, -0.25) is 10.1 Å². The molecule has 0 radical (unpaired) electrons. The van der Waals surface area contributed by atoms with Gasteiger partial charge in [0.05, 0.1) is 18.1 Å². The minimum Gasteiger partial charge on any atom is -0.494 e. The summed E-state index contributed by atoms with van der Waals surface area (Å²) in [4.78, 5) is 12.9. The zero-order chi connectivity index (χ0) is 18.5. The predicted octanol–water partition coefficient (Wildman–Crippen LogP) is 3.78. The molecule has 0 amide bonds. The van der Waals surface area contributed by atoms with E-state index in [2.05, 4.69) is 6.08 Å². The molecule has 0 saturated carbocycles. The van der Waals surface area contributed by atoms with Crippen LogP contribution in [-0.2, 0) is 6.61 Å². The van der Waals surface area contributed by atoms with E-state index in [9.17, 15) is 15.2 Å². The summed E-state index contributed by atoms with van der Waals surface area (Å²) >= 11 is 0. The summed E-state index contributed by atoms with van der Waals surface area (Å²) < 4.78 is 5.47. The highest BCUT2D eigenvalue weighted by molar-refractivity contribution is 5.71. The second kappa shape index (κ2) is 8.01. The lowest BCUT2D eigenvalue weighted by molar-refractivity contribution is -0.384. The average Bonchev–Trinajstić information content (AvgIpc) is 2.68. The van der Waals surface area contributed by atoms with Crippen LogP contribution in [0, 0.1) is 10.1 Å². The Morgan fingerprint density at radius 2 is 2.00 bits per heavy atom. The largest absolute Gasteiger partial charge is 0.494 e. The van der Waals surface area contributed by atoms with Crippen LogP contribution < -0.4 is 9.64 Å². The Morgan fingerprint density at radius 3 is 2.58 bits per heavy atom. The molecule has 0 unspecified atom stereocenters. The number of nitro groups is 1. The van der Waals surface area contributed by atoms with Gasteiger partial charge in [-0.2, -0.15) is 0 Å². The van der Waals surface area contributed by atoms with Crippen molar-refractivity contribution in [3.05, 3.63) is 69.8 Å². The molecule has 0 aromatic heterocycles. The fourth-order valence-electron chi connectivity index (χ4n) is 3.16. The topological polar surface area (TPSA) is 75.8 Å². The highest BCUT2D eigenvalue weighted by Crippen LogP contribution is 2.33. The van der Waals surface area contributed by atoms with Crippen molar-refractivity contribution in [1.82, 2.24) is 0 Å². The first-order valence-corrected chi connectivity index (χ1v) is 8.67. The zero-order valence-corrected chi connectivity index (χ0v) is 14.7. The van der Waals surface area contributed by atoms with Gasteiger partial charge < -0.3 is 14.7 Å². The summed E-state index contributed by atoms with van der Waals surface area (Å²) in [7, 11) is 0. The molecule has 1 aliphatic rings. The lowest BCUT2D eigenvalue weighted by Gasteiger charge is -2.28. The number of aliphatic hydroxyl groups is 1. The monoisotopic (exact) mass is 354 g/mol. The Morgan fingerprint density at radius 1 is 1.23 bits per heavy atom. The minimum atomic E-state index is -0.373. The van der Waals surface area contributed by atoms with Gasteiger partial charge in [-0.1, -0.05) is 18.2 Å². The summed E-state index contributed by atoms with van der Waals surface area (Å²) in [5.74, 6) is 0.853. The zero-order valence-electron chi connectivity index (χ0n) is 14.7. The van der Waals surface area contributed by atoms with Gasteiger partial charge in [-0.15, -0.1) is 0 Å². The van der Waals surface area contributed by atoms with Crippen LogP contribution in [0.5, 0.6) is 5.75 Å². The number of nitro benzene ring substituents is 1. The van der Waals surface area contributed by atoms with E-state index in [-0.39, 0.29) is 17.2 Å². The van der Waals surface area contributed by atoms with Crippen LogP contribution in [0.4, 0.5) is 11.4 Å². The Balaban J connectivity index is 1.80. The van der Waals surface area contributed by atoms with E-state index in [0.29, 0.717) is 30.9 Å².